The van der Waals surface area contributed by atoms with Crippen LogP contribution in [-0.2, 0) is 0 Å². The molecule has 2 nitrogen and oxygen atoms in total. The number of para-hydroxylation sites is 1. The van der Waals surface area contributed by atoms with Crippen LogP contribution in [-0.4, -0.2) is 9.78 Å². The fourth-order valence-corrected chi connectivity index (χ4v) is 2.03. The van der Waals surface area contributed by atoms with Crippen molar-refractivity contribution in [3.8, 4) is 0 Å². The summed E-state index contributed by atoms with van der Waals surface area (Å²) < 4.78 is 16.0. The van der Waals surface area contributed by atoms with E-state index in [1.165, 1.54) is 0 Å². The highest BCUT2D eigenvalue weighted by Crippen LogP contribution is 2.27. The van der Waals surface area contributed by atoms with Crippen molar-refractivity contribution in [2.24, 2.45) is 0 Å². The van der Waals surface area contributed by atoms with Gasteiger partial charge in [-0.1, -0.05) is 6.07 Å². The lowest BCUT2D eigenvalue weighted by molar-refractivity contribution is 0.492. The van der Waals surface area contributed by atoms with Crippen molar-refractivity contribution >= 4 is 26.8 Å². The normalized spacial score (nSPS) is 11.5. The van der Waals surface area contributed by atoms with Gasteiger partial charge in [-0.3, -0.25) is 4.68 Å². The zero-order valence-electron chi connectivity index (χ0n) is 7.96. The number of hydrogen-bond acceptors (Lipinski definition) is 1. The van der Waals surface area contributed by atoms with Crippen LogP contribution in [0.4, 0.5) is 4.39 Å². The number of halogens is 2. The van der Waals surface area contributed by atoms with E-state index in [9.17, 15) is 4.39 Å². The third-order valence-corrected chi connectivity index (χ3v) is 2.76. The number of fused-ring (bicyclic) bond motifs is 1. The molecule has 2 aromatic rings. The van der Waals surface area contributed by atoms with Gasteiger partial charge in [0.2, 0.25) is 5.95 Å². The molecular formula is C10H10BrFN2. The van der Waals surface area contributed by atoms with Gasteiger partial charge in [0.15, 0.2) is 0 Å². The molecule has 1 aromatic heterocycles. The summed E-state index contributed by atoms with van der Waals surface area (Å²) in [6.07, 6.45) is 0. The first-order chi connectivity index (χ1) is 6.61. The Hall–Kier alpha value is -0.900. The van der Waals surface area contributed by atoms with Crippen molar-refractivity contribution in [3.05, 3.63) is 28.6 Å². The number of nitrogens with zero attached hydrogens (tertiary/aromatic N) is 2. The van der Waals surface area contributed by atoms with E-state index in [4.69, 9.17) is 0 Å². The Kier molecular flexibility index (Phi) is 2.31. The van der Waals surface area contributed by atoms with Crippen molar-refractivity contribution in [1.29, 1.82) is 0 Å². The average Bonchev–Trinajstić information content (AvgIpc) is 2.46. The minimum Gasteiger partial charge on any atom is -0.258 e. The molecule has 0 N–H and O–H groups in total. The molecule has 0 saturated carbocycles. The first-order valence-electron chi connectivity index (χ1n) is 4.43. The minimum absolute atomic E-state index is 0.153. The molecule has 74 valence electrons. The fraction of sp³-hybridized carbons (Fsp3) is 0.300. The van der Waals surface area contributed by atoms with E-state index in [0.717, 1.165) is 9.99 Å². The Morgan fingerprint density at radius 2 is 2.14 bits per heavy atom. The average molecular weight is 257 g/mol. The number of aromatic nitrogens is 2. The Morgan fingerprint density at radius 3 is 2.79 bits per heavy atom. The second kappa shape index (κ2) is 3.35. The second-order valence-electron chi connectivity index (χ2n) is 3.47. The summed E-state index contributed by atoms with van der Waals surface area (Å²) in [6, 6.07) is 5.59. The van der Waals surface area contributed by atoms with Gasteiger partial charge in [-0.15, -0.1) is 5.10 Å². The maximum absolute atomic E-state index is 13.4. The van der Waals surface area contributed by atoms with Gasteiger partial charge in [0, 0.05) is 10.5 Å². The minimum atomic E-state index is -0.407. The van der Waals surface area contributed by atoms with Gasteiger partial charge in [0.25, 0.3) is 0 Å². The van der Waals surface area contributed by atoms with Crippen molar-refractivity contribution in [2.75, 3.05) is 0 Å². The van der Waals surface area contributed by atoms with Gasteiger partial charge in [-0.2, -0.15) is 4.39 Å². The molecule has 0 bridgehead atoms. The van der Waals surface area contributed by atoms with Crippen molar-refractivity contribution in [1.82, 2.24) is 9.78 Å². The lowest BCUT2D eigenvalue weighted by Gasteiger charge is -2.07. The molecule has 1 heterocycles. The Bertz CT molecular complexity index is 476. The maximum Gasteiger partial charge on any atom is 0.240 e. The Morgan fingerprint density at radius 1 is 1.43 bits per heavy atom. The van der Waals surface area contributed by atoms with E-state index in [-0.39, 0.29) is 6.04 Å². The molecule has 0 fully saturated rings. The molecule has 0 radical (unpaired) electrons. The highest BCUT2D eigenvalue weighted by molar-refractivity contribution is 9.10. The SMILES string of the molecule is CC(C)n1nc(F)c2cccc(Br)c21. The summed E-state index contributed by atoms with van der Waals surface area (Å²) in [4.78, 5) is 0. The summed E-state index contributed by atoms with van der Waals surface area (Å²) >= 11 is 3.40. The molecule has 0 aliphatic heterocycles. The van der Waals surface area contributed by atoms with Crippen molar-refractivity contribution in [2.45, 2.75) is 19.9 Å². The quantitative estimate of drug-likeness (QED) is 0.764. The summed E-state index contributed by atoms with van der Waals surface area (Å²) in [5.74, 6) is -0.407. The molecule has 0 amide bonds. The lowest BCUT2D eigenvalue weighted by atomic mass is 10.2. The van der Waals surface area contributed by atoms with Gasteiger partial charge in [-0.05, 0) is 41.9 Å². The highest BCUT2D eigenvalue weighted by Gasteiger charge is 2.13. The van der Waals surface area contributed by atoms with E-state index in [1.54, 1.807) is 10.7 Å². The summed E-state index contributed by atoms with van der Waals surface area (Å²) in [7, 11) is 0. The maximum atomic E-state index is 13.4. The van der Waals surface area contributed by atoms with Gasteiger partial charge >= 0.3 is 0 Å². The van der Waals surface area contributed by atoms with Crippen LogP contribution >= 0.6 is 15.9 Å². The Balaban J connectivity index is 2.86. The van der Waals surface area contributed by atoms with Crippen LogP contribution in [0.15, 0.2) is 22.7 Å². The zero-order valence-corrected chi connectivity index (χ0v) is 9.55. The molecule has 0 aliphatic rings. The number of hydrogen-bond donors (Lipinski definition) is 0. The van der Waals surface area contributed by atoms with E-state index in [2.05, 4.69) is 21.0 Å². The first-order valence-corrected chi connectivity index (χ1v) is 5.23. The lowest BCUT2D eigenvalue weighted by Crippen LogP contribution is -2.02. The summed E-state index contributed by atoms with van der Waals surface area (Å²) in [5, 5.41) is 4.43. The second-order valence-corrected chi connectivity index (χ2v) is 4.32. The van der Waals surface area contributed by atoms with E-state index in [1.807, 2.05) is 26.0 Å². The van der Waals surface area contributed by atoms with E-state index in [0.29, 0.717) is 5.39 Å². The molecular weight excluding hydrogens is 247 g/mol. The van der Waals surface area contributed by atoms with Gasteiger partial charge in [0.1, 0.15) is 0 Å². The first kappa shape index (κ1) is 9.65. The molecule has 0 unspecified atom stereocenters. The van der Waals surface area contributed by atoms with Crippen LogP contribution in [0.1, 0.15) is 19.9 Å². The Labute approximate surface area is 89.8 Å². The predicted octanol–water partition coefficient (Wildman–Crippen LogP) is 3.52. The molecule has 0 saturated heterocycles. The van der Waals surface area contributed by atoms with E-state index >= 15 is 0 Å². The molecule has 4 heteroatoms. The van der Waals surface area contributed by atoms with Crippen LogP contribution in [0.5, 0.6) is 0 Å². The molecule has 1 aromatic carbocycles. The van der Waals surface area contributed by atoms with Crippen LogP contribution in [0.2, 0.25) is 0 Å². The largest absolute Gasteiger partial charge is 0.258 e. The molecule has 0 spiro atoms. The highest BCUT2D eigenvalue weighted by atomic mass is 79.9. The standard InChI is InChI=1S/C10H10BrFN2/c1-6(2)14-9-7(10(12)13-14)4-3-5-8(9)11/h3-6H,1-2H3. The van der Waals surface area contributed by atoms with Crippen LogP contribution in [0, 0.1) is 5.95 Å². The van der Waals surface area contributed by atoms with Crippen LogP contribution in [0.25, 0.3) is 10.9 Å². The van der Waals surface area contributed by atoms with Crippen LogP contribution < -0.4 is 0 Å². The van der Waals surface area contributed by atoms with Gasteiger partial charge in [-0.25, -0.2) is 0 Å². The van der Waals surface area contributed by atoms with E-state index < -0.39 is 5.95 Å². The fourth-order valence-electron chi connectivity index (χ4n) is 1.49. The topological polar surface area (TPSA) is 17.8 Å². The van der Waals surface area contributed by atoms with Crippen LogP contribution in [0.3, 0.4) is 0 Å². The van der Waals surface area contributed by atoms with Crippen molar-refractivity contribution in [3.63, 3.8) is 0 Å². The molecule has 0 aliphatic carbocycles. The third kappa shape index (κ3) is 1.34. The monoisotopic (exact) mass is 256 g/mol. The summed E-state index contributed by atoms with van der Waals surface area (Å²) in [5.41, 5.74) is 0.819. The number of rotatable bonds is 1. The summed E-state index contributed by atoms with van der Waals surface area (Å²) in [6.45, 7) is 3.96. The zero-order chi connectivity index (χ0) is 10.3. The third-order valence-electron chi connectivity index (χ3n) is 2.12. The molecule has 0 atom stereocenters. The number of benzene rings is 1. The predicted molar refractivity (Wildman–Crippen MR) is 57.8 cm³/mol. The van der Waals surface area contributed by atoms with Crippen molar-refractivity contribution < 1.29 is 4.39 Å². The smallest absolute Gasteiger partial charge is 0.240 e. The van der Waals surface area contributed by atoms with Gasteiger partial charge in [0.05, 0.1) is 10.9 Å². The van der Waals surface area contributed by atoms with Gasteiger partial charge < -0.3 is 0 Å². The molecule has 14 heavy (non-hydrogen) atoms. The molecule has 2 rings (SSSR count).